The van der Waals surface area contributed by atoms with E-state index in [0.29, 0.717) is 41.1 Å². The highest BCUT2D eigenvalue weighted by molar-refractivity contribution is 6.33. The largest absolute Gasteiger partial charge is 0.491 e. The average Bonchev–Trinajstić information content (AvgIpc) is 3.45. The molecule has 1 saturated carbocycles. The highest BCUT2D eigenvalue weighted by atomic mass is 35.5. The fraction of sp³-hybridized carbons (Fsp3) is 0.519. The van der Waals surface area contributed by atoms with E-state index in [0.717, 1.165) is 47.6 Å². The summed E-state index contributed by atoms with van der Waals surface area (Å²) < 4.78 is 17.3. The van der Waals surface area contributed by atoms with Gasteiger partial charge in [-0.2, -0.15) is 0 Å². The molecule has 200 valence electrons. The Bertz CT molecular complexity index is 1200. The molecule has 0 spiro atoms. The minimum atomic E-state index is -0.633. The van der Waals surface area contributed by atoms with Crippen LogP contribution in [0.2, 0.25) is 5.02 Å². The van der Waals surface area contributed by atoms with Crippen molar-refractivity contribution in [1.82, 2.24) is 20.4 Å². The normalized spacial score (nSPS) is 18.2. The molecular formula is C27H36ClN5O4. The van der Waals surface area contributed by atoms with Crippen molar-refractivity contribution in [3.05, 3.63) is 40.2 Å². The van der Waals surface area contributed by atoms with Crippen LogP contribution in [0.15, 0.2) is 22.7 Å². The third-order valence-corrected chi connectivity index (χ3v) is 6.96. The number of halogens is 1. The molecule has 0 unspecified atom stereocenters. The highest BCUT2D eigenvalue weighted by Gasteiger charge is 2.30. The number of hydrogen-bond acceptors (Lipinski definition) is 9. The number of aliphatic hydroxyl groups excluding tert-OH is 1. The lowest BCUT2D eigenvalue weighted by molar-refractivity contribution is 0.0615. The van der Waals surface area contributed by atoms with Crippen molar-refractivity contribution >= 4 is 17.4 Å². The zero-order chi connectivity index (χ0) is 26.5. The van der Waals surface area contributed by atoms with Crippen LogP contribution in [0.25, 0.3) is 22.6 Å². The molecule has 0 aliphatic heterocycles. The topological polar surface area (TPSA) is 115 Å². The van der Waals surface area contributed by atoms with Gasteiger partial charge in [-0.1, -0.05) is 16.8 Å². The molecule has 4 rings (SSSR count). The van der Waals surface area contributed by atoms with E-state index < -0.39 is 6.10 Å². The second-order valence-corrected chi connectivity index (χ2v) is 9.82. The highest BCUT2D eigenvalue weighted by Crippen LogP contribution is 2.37. The zero-order valence-electron chi connectivity index (χ0n) is 22.1. The SMILES string of the molecule is CCO[C@H]1CCC[C@H]1Nc1nc(-c2cc(OC[C@H](O)CNC)ccc2Cl)nc(-c2c(C)noc2C)c1C. The summed E-state index contributed by atoms with van der Waals surface area (Å²) in [6.45, 7) is 9.06. The van der Waals surface area contributed by atoms with Crippen molar-refractivity contribution in [3.8, 4) is 28.4 Å². The van der Waals surface area contributed by atoms with Gasteiger partial charge in [0, 0.05) is 24.3 Å². The molecule has 2 aromatic heterocycles. The second-order valence-electron chi connectivity index (χ2n) is 9.41. The first-order chi connectivity index (χ1) is 17.8. The van der Waals surface area contributed by atoms with Gasteiger partial charge in [-0.05, 0) is 72.2 Å². The summed E-state index contributed by atoms with van der Waals surface area (Å²) in [5.41, 5.74) is 3.87. The van der Waals surface area contributed by atoms with Crippen LogP contribution in [0.4, 0.5) is 5.82 Å². The molecule has 3 atom stereocenters. The van der Waals surface area contributed by atoms with Crippen molar-refractivity contribution in [3.63, 3.8) is 0 Å². The molecule has 0 amide bonds. The quantitative estimate of drug-likeness (QED) is 0.325. The molecule has 37 heavy (non-hydrogen) atoms. The van der Waals surface area contributed by atoms with Crippen molar-refractivity contribution < 1.29 is 19.1 Å². The molecule has 0 saturated heterocycles. The number of nitrogens with one attached hydrogen (secondary N) is 2. The second kappa shape index (κ2) is 12.2. The molecule has 9 nitrogen and oxygen atoms in total. The Kier molecular flexibility index (Phi) is 9.02. The number of nitrogens with zero attached hydrogens (tertiary/aromatic N) is 3. The Labute approximate surface area is 222 Å². The van der Waals surface area contributed by atoms with Crippen LogP contribution >= 0.6 is 11.6 Å². The number of likely N-dealkylation sites (N-methyl/N-ethyl adjacent to an activating group) is 1. The molecule has 1 fully saturated rings. The van der Waals surface area contributed by atoms with Gasteiger partial charge in [0.15, 0.2) is 5.82 Å². The van der Waals surface area contributed by atoms with Gasteiger partial charge in [0.1, 0.15) is 30.0 Å². The molecular weight excluding hydrogens is 494 g/mol. The Hall–Kier alpha value is -2.72. The van der Waals surface area contributed by atoms with E-state index in [1.165, 1.54) is 0 Å². The predicted molar refractivity (Wildman–Crippen MR) is 144 cm³/mol. The van der Waals surface area contributed by atoms with Crippen LogP contribution in [-0.4, -0.2) is 65.3 Å². The number of aliphatic hydroxyl groups is 1. The number of hydrogen-bond donors (Lipinski definition) is 3. The van der Waals surface area contributed by atoms with Crippen LogP contribution in [0, 0.1) is 20.8 Å². The third-order valence-electron chi connectivity index (χ3n) is 6.63. The fourth-order valence-electron chi connectivity index (χ4n) is 4.77. The minimum absolute atomic E-state index is 0.134. The first-order valence-electron chi connectivity index (χ1n) is 12.8. The molecule has 2 heterocycles. The first kappa shape index (κ1) is 27.3. The van der Waals surface area contributed by atoms with Crippen molar-refractivity contribution in [2.24, 2.45) is 0 Å². The Morgan fingerprint density at radius 2 is 2.03 bits per heavy atom. The summed E-state index contributed by atoms with van der Waals surface area (Å²) in [6.07, 6.45) is 2.62. The van der Waals surface area contributed by atoms with Crippen molar-refractivity contribution in [2.75, 3.05) is 32.1 Å². The molecule has 1 aliphatic carbocycles. The molecule has 1 aliphatic rings. The van der Waals surface area contributed by atoms with Gasteiger partial charge in [-0.3, -0.25) is 0 Å². The smallest absolute Gasteiger partial charge is 0.163 e. The van der Waals surface area contributed by atoms with Gasteiger partial charge in [0.05, 0.1) is 34.1 Å². The lowest BCUT2D eigenvalue weighted by Crippen LogP contribution is -2.31. The number of benzene rings is 1. The Morgan fingerprint density at radius 3 is 2.73 bits per heavy atom. The standard InChI is InChI=1S/C27H36ClN5O4/c1-6-35-23-9-7-8-22(23)30-26-15(2)25(24-16(3)33-37-17(24)4)31-27(32-26)20-12-19(10-11-21(20)28)36-14-18(34)13-29-5/h10-12,18,22-23,29,34H,6-9,13-14H2,1-5H3,(H,30,31,32)/t18-,22-,23+/m1/s1. The van der Waals surface area contributed by atoms with Gasteiger partial charge in [0.25, 0.3) is 0 Å². The fourth-order valence-corrected chi connectivity index (χ4v) is 4.98. The molecule has 1 aromatic carbocycles. The summed E-state index contributed by atoms with van der Waals surface area (Å²) >= 11 is 6.64. The summed E-state index contributed by atoms with van der Waals surface area (Å²) in [5.74, 6) is 2.44. The van der Waals surface area contributed by atoms with Gasteiger partial charge >= 0.3 is 0 Å². The number of aryl methyl sites for hydroxylation is 2. The lowest BCUT2D eigenvalue weighted by atomic mass is 10.0. The molecule has 3 N–H and O–H groups in total. The number of ether oxygens (including phenoxy) is 2. The van der Waals surface area contributed by atoms with Gasteiger partial charge in [-0.15, -0.1) is 0 Å². The maximum Gasteiger partial charge on any atom is 0.163 e. The van der Waals surface area contributed by atoms with Crippen LogP contribution < -0.4 is 15.4 Å². The number of anilines is 1. The van der Waals surface area contributed by atoms with Crippen LogP contribution in [-0.2, 0) is 4.74 Å². The maximum atomic E-state index is 10.0. The summed E-state index contributed by atoms with van der Waals surface area (Å²) in [4.78, 5) is 9.87. The van der Waals surface area contributed by atoms with E-state index in [1.54, 1.807) is 25.2 Å². The molecule has 3 aromatic rings. The van der Waals surface area contributed by atoms with Gasteiger partial charge in [0.2, 0.25) is 0 Å². The average molecular weight is 530 g/mol. The number of aromatic nitrogens is 3. The monoisotopic (exact) mass is 529 g/mol. The molecule has 10 heteroatoms. The van der Waals surface area contributed by atoms with E-state index in [1.807, 2.05) is 27.7 Å². The zero-order valence-corrected chi connectivity index (χ0v) is 22.9. The summed E-state index contributed by atoms with van der Waals surface area (Å²) in [7, 11) is 1.78. The predicted octanol–water partition coefficient (Wildman–Crippen LogP) is 4.71. The lowest BCUT2D eigenvalue weighted by Gasteiger charge is -2.23. The third kappa shape index (κ3) is 6.23. The van der Waals surface area contributed by atoms with Crippen molar-refractivity contribution in [2.45, 2.75) is 65.2 Å². The van der Waals surface area contributed by atoms with E-state index in [9.17, 15) is 5.11 Å². The van der Waals surface area contributed by atoms with Gasteiger partial charge in [-0.25, -0.2) is 9.97 Å². The van der Waals surface area contributed by atoms with E-state index in [-0.39, 0.29) is 18.8 Å². The van der Waals surface area contributed by atoms with E-state index in [2.05, 4.69) is 15.8 Å². The van der Waals surface area contributed by atoms with Crippen LogP contribution in [0.3, 0.4) is 0 Å². The molecule has 0 radical (unpaired) electrons. The van der Waals surface area contributed by atoms with E-state index >= 15 is 0 Å². The minimum Gasteiger partial charge on any atom is -0.491 e. The maximum absolute atomic E-state index is 10.0. The summed E-state index contributed by atoms with van der Waals surface area (Å²) in [6, 6.07) is 5.48. The Balaban J connectivity index is 1.76. The first-order valence-corrected chi connectivity index (χ1v) is 13.2. The van der Waals surface area contributed by atoms with Crippen LogP contribution in [0.1, 0.15) is 43.2 Å². The van der Waals surface area contributed by atoms with Gasteiger partial charge < -0.3 is 29.7 Å². The van der Waals surface area contributed by atoms with E-state index in [4.69, 9.17) is 35.6 Å². The molecule has 0 bridgehead atoms. The number of rotatable bonds is 11. The summed E-state index contributed by atoms with van der Waals surface area (Å²) in [5, 5.41) is 21.2. The van der Waals surface area contributed by atoms with Crippen molar-refractivity contribution in [1.29, 1.82) is 0 Å². The van der Waals surface area contributed by atoms with Crippen LogP contribution in [0.5, 0.6) is 5.75 Å². The Morgan fingerprint density at radius 1 is 1.22 bits per heavy atom.